The topological polar surface area (TPSA) is 78.9 Å². The summed E-state index contributed by atoms with van der Waals surface area (Å²) in [6.45, 7) is 6.60. The predicted molar refractivity (Wildman–Crippen MR) is 298 cm³/mol. The molecule has 0 radical (unpaired) electrons. The van der Waals surface area contributed by atoms with Gasteiger partial charge in [0.2, 0.25) is 0 Å². The van der Waals surface area contributed by atoms with Crippen molar-refractivity contribution >= 4 is 17.9 Å². The third-order valence-electron chi connectivity index (χ3n) is 13.0. The largest absolute Gasteiger partial charge is 0.462 e. The molecule has 0 aromatic rings. The van der Waals surface area contributed by atoms with E-state index in [1.165, 1.54) is 173 Å². The number of carbonyl (C=O) groups is 3. The molecule has 0 heterocycles. The second-order valence-corrected chi connectivity index (χ2v) is 19.9. The molecule has 0 fully saturated rings. The normalized spacial score (nSPS) is 12.4. The average Bonchev–Trinajstić information content (AvgIpc) is 3.35. The zero-order valence-corrected chi connectivity index (χ0v) is 45.8. The molecule has 0 spiro atoms. The molecular formula is C63H112O6. The fraction of sp³-hybridized carbons (Fsp3) is 0.794. The standard InChI is InChI=1S/C63H112O6/c1-4-7-10-13-16-19-22-25-28-30-32-35-38-41-44-47-50-53-56-62(65)68-59-60(58-67-61(64)55-52-49-46-43-40-37-34-27-24-21-18-15-12-9-6-3)69-63(66)57-54-51-48-45-42-39-36-33-31-29-26-23-20-17-14-11-8-5-2/h18-19,21-22,27-31,34,60H,4-17,20,23-26,32-33,35-59H2,1-3H3/b21-18-,22-19-,30-28-,31-29-,34-27-. The van der Waals surface area contributed by atoms with Gasteiger partial charge in [-0.3, -0.25) is 14.4 Å². The zero-order chi connectivity index (χ0) is 50.0. The van der Waals surface area contributed by atoms with Crippen LogP contribution in [-0.4, -0.2) is 37.2 Å². The summed E-state index contributed by atoms with van der Waals surface area (Å²) < 4.78 is 16.9. The molecule has 6 heteroatoms. The molecule has 0 bridgehead atoms. The lowest BCUT2D eigenvalue weighted by Crippen LogP contribution is -2.30. The Morgan fingerprint density at radius 1 is 0.290 bits per heavy atom. The van der Waals surface area contributed by atoms with Crippen LogP contribution in [0, 0.1) is 0 Å². The number of ether oxygens (including phenoxy) is 3. The molecule has 1 atom stereocenters. The molecular weight excluding hydrogens is 853 g/mol. The Hall–Kier alpha value is -2.89. The molecule has 0 N–H and O–H groups in total. The summed E-state index contributed by atoms with van der Waals surface area (Å²) in [6.07, 6.45) is 72.0. The second-order valence-electron chi connectivity index (χ2n) is 19.9. The number of rotatable bonds is 54. The summed E-state index contributed by atoms with van der Waals surface area (Å²) in [7, 11) is 0. The van der Waals surface area contributed by atoms with Crippen LogP contribution < -0.4 is 0 Å². The van der Waals surface area contributed by atoms with Crippen molar-refractivity contribution in [3.05, 3.63) is 60.8 Å². The SMILES string of the molecule is CCCCC/C=C\C/C=C\CCCCCCCC(=O)OCC(COC(=O)CCCCCCCCC/C=C\C/C=C\CCCCCC)OC(=O)CCCCCCCCC/C=C\CCCCCCCCC. The highest BCUT2D eigenvalue weighted by atomic mass is 16.6. The molecule has 0 aliphatic carbocycles. The van der Waals surface area contributed by atoms with Gasteiger partial charge in [0, 0.05) is 19.3 Å². The van der Waals surface area contributed by atoms with Crippen molar-refractivity contribution in [1.29, 1.82) is 0 Å². The molecule has 0 saturated heterocycles. The van der Waals surface area contributed by atoms with Gasteiger partial charge < -0.3 is 14.2 Å². The van der Waals surface area contributed by atoms with Crippen LogP contribution in [0.1, 0.15) is 303 Å². The van der Waals surface area contributed by atoms with Gasteiger partial charge in [-0.05, 0) is 109 Å². The number of hydrogen-bond acceptors (Lipinski definition) is 6. The maximum Gasteiger partial charge on any atom is 0.306 e. The molecule has 0 rings (SSSR count). The summed E-state index contributed by atoms with van der Waals surface area (Å²) in [5.74, 6) is -0.897. The highest BCUT2D eigenvalue weighted by Gasteiger charge is 2.19. The number of carbonyl (C=O) groups excluding carboxylic acids is 3. The highest BCUT2D eigenvalue weighted by Crippen LogP contribution is 2.15. The van der Waals surface area contributed by atoms with E-state index in [4.69, 9.17) is 14.2 Å². The van der Waals surface area contributed by atoms with E-state index in [1.807, 2.05) is 0 Å². The van der Waals surface area contributed by atoms with Crippen molar-refractivity contribution in [3.63, 3.8) is 0 Å². The summed E-state index contributed by atoms with van der Waals surface area (Å²) in [5.41, 5.74) is 0. The Morgan fingerprint density at radius 3 is 0.855 bits per heavy atom. The Morgan fingerprint density at radius 2 is 0.522 bits per heavy atom. The smallest absolute Gasteiger partial charge is 0.306 e. The maximum atomic E-state index is 12.9. The Kier molecular flexibility index (Phi) is 55.3. The van der Waals surface area contributed by atoms with Gasteiger partial charge >= 0.3 is 17.9 Å². The minimum Gasteiger partial charge on any atom is -0.462 e. The first-order valence-electron chi connectivity index (χ1n) is 29.8. The van der Waals surface area contributed by atoms with E-state index < -0.39 is 6.10 Å². The van der Waals surface area contributed by atoms with Gasteiger partial charge in [0.05, 0.1) is 0 Å². The molecule has 0 aromatic carbocycles. The fourth-order valence-corrected chi connectivity index (χ4v) is 8.44. The van der Waals surface area contributed by atoms with Crippen LogP contribution in [-0.2, 0) is 28.6 Å². The van der Waals surface area contributed by atoms with E-state index in [0.29, 0.717) is 19.3 Å². The Balaban J connectivity index is 4.40. The van der Waals surface area contributed by atoms with Gasteiger partial charge in [-0.2, -0.15) is 0 Å². The first-order chi connectivity index (χ1) is 34.0. The van der Waals surface area contributed by atoms with Crippen molar-refractivity contribution < 1.29 is 28.6 Å². The van der Waals surface area contributed by atoms with Crippen LogP contribution >= 0.6 is 0 Å². The molecule has 0 amide bonds. The third kappa shape index (κ3) is 55.9. The van der Waals surface area contributed by atoms with Crippen molar-refractivity contribution in [3.8, 4) is 0 Å². The minimum absolute atomic E-state index is 0.0837. The Labute approximate surface area is 428 Å². The van der Waals surface area contributed by atoms with Crippen LogP contribution in [0.5, 0.6) is 0 Å². The van der Waals surface area contributed by atoms with Crippen LogP contribution in [0.15, 0.2) is 60.8 Å². The molecule has 6 nitrogen and oxygen atoms in total. The Bertz CT molecular complexity index is 1250. The lowest BCUT2D eigenvalue weighted by atomic mass is 10.1. The quantitative estimate of drug-likeness (QED) is 0.0262. The van der Waals surface area contributed by atoms with Gasteiger partial charge in [0.25, 0.3) is 0 Å². The molecule has 69 heavy (non-hydrogen) atoms. The monoisotopic (exact) mass is 965 g/mol. The molecule has 0 saturated carbocycles. The molecule has 0 aliphatic rings. The van der Waals surface area contributed by atoms with Crippen molar-refractivity contribution in [1.82, 2.24) is 0 Å². The van der Waals surface area contributed by atoms with Crippen molar-refractivity contribution in [2.75, 3.05) is 13.2 Å². The summed E-state index contributed by atoms with van der Waals surface area (Å²) in [6, 6.07) is 0. The van der Waals surface area contributed by atoms with Gasteiger partial charge in [0.1, 0.15) is 13.2 Å². The van der Waals surface area contributed by atoms with E-state index in [-0.39, 0.29) is 31.1 Å². The summed E-state index contributed by atoms with van der Waals surface area (Å²) >= 11 is 0. The molecule has 400 valence electrons. The zero-order valence-electron chi connectivity index (χ0n) is 45.8. The van der Waals surface area contributed by atoms with E-state index in [9.17, 15) is 14.4 Å². The maximum absolute atomic E-state index is 12.9. The average molecular weight is 966 g/mol. The summed E-state index contributed by atoms with van der Waals surface area (Å²) in [4.78, 5) is 38.2. The first-order valence-corrected chi connectivity index (χ1v) is 29.8. The van der Waals surface area contributed by atoms with Crippen LogP contribution in [0.3, 0.4) is 0 Å². The van der Waals surface area contributed by atoms with Crippen LogP contribution in [0.2, 0.25) is 0 Å². The molecule has 0 aliphatic heterocycles. The lowest BCUT2D eigenvalue weighted by Gasteiger charge is -2.18. The fourth-order valence-electron chi connectivity index (χ4n) is 8.44. The van der Waals surface area contributed by atoms with E-state index >= 15 is 0 Å². The van der Waals surface area contributed by atoms with Gasteiger partial charge in [-0.15, -0.1) is 0 Å². The highest BCUT2D eigenvalue weighted by molar-refractivity contribution is 5.71. The third-order valence-corrected chi connectivity index (χ3v) is 13.0. The molecule has 0 aromatic heterocycles. The van der Waals surface area contributed by atoms with Crippen molar-refractivity contribution in [2.45, 2.75) is 309 Å². The lowest BCUT2D eigenvalue weighted by molar-refractivity contribution is -0.167. The number of esters is 3. The summed E-state index contributed by atoms with van der Waals surface area (Å²) in [5, 5.41) is 0. The van der Waals surface area contributed by atoms with Gasteiger partial charge in [-0.1, -0.05) is 236 Å². The van der Waals surface area contributed by atoms with Gasteiger partial charge in [-0.25, -0.2) is 0 Å². The second kappa shape index (κ2) is 57.7. The number of allylic oxidation sites excluding steroid dienone is 10. The van der Waals surface area contributed by atoms with E-state index in [1.54, 1.807) is 0 Å². The predicted octanol–water partition coefficient (Wildman–Crippen LogP) is 20.0. The van der Waals surface area contributed by atoms with E-state index in [2.05, 4.69) is 81.5 Å². The van der Waals surface area contributed by atoms with Crippen LogP contribution in [0.25, 0.3) is 0 Å². The van der Waals surface area contributed by atoms with Crippen LogP contribution in [0.4, 0.5) is 0 Å². The number of unbranched alkanes of at least 4 members (excludes halogenated alkanes) is 33. The van der Waals surface area contributed by atoms with E-state index in [0.717, 1.165) is 89.9 Å². The van der Waals surface area contributed by atoms with Crippen molar-refractivity contribution in [2.24, 2.45) is 0 Å². The molecule has 1 unspecified atom stereocenters. The van der Waals surface area contributed by atoms with Gasteiger partial charge in [0.15, 0.2) is 6.10 Å². The number of hydrogen-bond donors (Lipinski definition) is 0. The first kappa shape index (κ1) is 66.1. The minimum atomic E-state index is -0.786.